The van der Waals surface area contributed by atoms with E-state index in [0.29, 0.717) is 12.3 Å². The van der Waals surface area contributed by atoms with Crippen LogP contribution in [0.15, 0.2) is 0 Å². The lowest BCUT2D eigenvalue weighted by Gasteiger charge is -2.50. The molecular formula is C7H18N4. The van der Waals surface area contributed by atoms with E-state index in [1.165, 1.54) is 0 Å². The summed E-state index contributed by atoms with van der Waals surface area (Å²) in [6, 6.07) is 0. The van der Waals surface area contributed by atoms with E-state index >= 15 is 0 Å². The molecule has 2 N–H and O–H groups in total. The first-order valence-electron chi connectivity index (χ1n) is 3.95. The maximum Gasteiger partial charge on any atom is 0.0932 e. The van der Waals surface area contributed by atoms with Crippen molar-refractivity contribution in [1.82, 2.24) is 20.4 Å². The molecule has 11 heavy (non-hydrogen) atoms. The third kappa shape index (κ3) is 1.54. The lowest BCUT2D eigenvalue weighted by Crippen LogP contribution is -2.70. The van der Waals surface area contributed by atoms with Gasteiger partial charge in [0.2, 0.25) is 0 Å². The van der Waals surface area contributed by atoms with E-state index in [-0.39, 0.29) is 0 Å². The van der Waals surface area contributed by atoms with Crippen molar-refractivity contribution in [2.45, 2.75) is 12.3 Å². The molecule has 1 aliphatic heterocycles. The number of hydrogen-bond acceptors (Lipinski definition) is 4. The summed E-state index contributed by atoms with van der Waals surface area (Å²) in [7, 11) is 8.21. The number of nitrogens with one attached hydrogen (secondary N) is 2. The van der Waals surface area contributed by atoms with Crippen molar-refractivity contribution in [2.24, 2.45) is 0 Å². The molecule has 0 aromatic heterocycles. The van der Waals surface area contributed by atoms with Gasteiger partial charge in [-0.05, 0) is 28.2 Å². The van der Waals surface area contributed by atoms with E-state index in [1.807, 2.05) is 14.1 Å². The van der Waals surface area contributed by atoms with Gasteiger partial charge in [0.15, 0.2) is 0 Å². The van der Waals surface area contributed by atoms with Gasteiger partial charge < -0.3 is 10.6 Å². The molecule has 0 aromatic carbocycles. The Kier molecular flexibility index (Phi) is 2.84. The largest absolute Gasteiger partial charge is 0.303 e. The Morgan fingerprint density at radius 1 is 1.18 bits per heavy atom. The molecule has 4 heteroatoms. The lowest BCUT2D eigenvalue weighted by atomic mass is 10.2. The topological polar surface area (TPSA) is 30.5 Å². The highest BCUT2D eigenvalue weighted by Gasteiger charge is 2.35. The number of hydrogen-bond donors (Lipinski definition) is 2. The zero-order valence-corrected chi connectivity index (χ0v) is 7.76. The summed E-state index contributed by atoms with van der Waals surface area (Å²) in [6.07, 6.45) is 0.851. The predicted octanol–water partition coefficient (Wildman–Crippen LogP) is -1.09. The summed E-state index contributed by atoms with van der Waals surface area (Å²) in [5.41, 5.74) is 0. The van der Waals surface area contributed by atoms with Gasteiger partial charge >= 0.3 is 0 Å². The molecule has 1 fully saturated rings. The molecule has 66 valence electrons. The highest BCUT2D eigenvalue weighted by atomic mass is 15.5. The summed E-state index contributed by atoms with van der Waals surface area (Å²) in [5, 5.41) is 6.44. The van der Waals surface area contributed by atoms with Crippen LogP contribution in [-0.2, 0) is 0 Å². The van der Waals surface area contributed by atoms with Crippen LogP contribution in [-0.4, -0.2) is 57.0 Å². The van der Waals surface area contributed by atoms with Crippen molar-refractivity contribution in [3.63, 3.8) is 0 Å². The fourth-order valence-corrected chi connectivity index (χ4v) is 1.71. The molecule has 0 bridgehead atoms. The van der Waals surface area contributed by atoms with Crippen LogP contribution < -0.4 is 10.6 Å². The Morgan fingerprint density at radius 2 is 1.64 bits per heavy atom. The van der Waals surface area contributed by atoms with E-state index in [1.54, 1.807) is 0 Å². The molecule has 1 heterocycles. The molecule has 0 spiro atoms. The van der Waals surface area contributed by atoms with Gasteiger partial charge in [-0.3, -0.25) is 9.80 Å². The Balaban J connectivity index is 2.43. The van der Waals surface area contributed by atoms with Crippen LogP contribution in [0.2, 0.25) is 0 Å². The van der Waals surface area contributed by atoms with Gasteiger partial charge in [-0.15, -0.1) is 0 Å². The molecular weight excluding hydrogens is 140 g/mol. The Bertz CT molecular complexity index is 116. The molecule has 0 aromatic rings. The molecule has 0 saturated carbocycles. The van der Waals surface area contributed by atoms with Crippen LogP contribution in [0.5, 0.6) is 0 Å². The van der Waals surface area contributed by atoms with Gasteiger partial charge in [-0.1, -0.05) is 0 Å². The van der Waals surface area contributed by atoms with Crippen molar-refractivity contribution in [3.05, 3.63) is 0 Å². The van der Waals surface area contributed by atoms with Crippen LogP contribution in [0.25, 0.3) is 0 Å². The van der Waals surface area contributed by atoms with Gasteiger partial charge in [-0.2, -0.15) is 0 Å². The molecule has 1 saturated heterocycles. The Hall–Kier alpha value is -0.160. The predicted molar refractivity (Wildman–Crippen MR) is 46.1 cm³/mol. The maximum atomic E-state index is 3.22. The van der Waals surface area contributed by atoms with Gasteiger partial charge in [-0.25, -0.2) is 0 Å². The first kappa shape index (κ1) is 8.93. The minimum atomic E-state index is 0.360. The Labute approximate surface area is 68.5 Å². The van der Waals surface area contributed by atoms with Gasteiger partial charge in [0.1, 0.15) is 0 Å². The summed E-state index contributed by atoms with van der Waals surface area (Å²) >= 11 is 0. The maximum absolute atomic E-state index is 3.22. The molecule has 0 amide bonds. The van der Waals surface area contributed by atoms with Gasteiger partial charge in [0.25, 0.3) is 0 Å². The first-order valence-corrected chi connectivity index (χ1v) is 3.95. The number of nitrogens with zero attached hydrogens (tertiary/aromatic N) is 2. The quantitative estimate of drug-likeness (QED) is 0.511. The zero-order valence-electron chi connectivity index (χ0n) is 7.76. The minimum absolute atomic E-state index is 0.360. The van der Waals surface area contributed by atoms with Crippen molar-refractivity contribution >= 4 is 0 Å². The monoisotopic (exact) mass is 158 g/mol. The standard InChI is InChI=1S/C7H18N4/c1-8-6(9-2)7-10(3)5-11(7)4/h6-9H,5H2,1-4H3. The lowest BCUT2D eigenvalue weighted by molar-refractivity contribution is -0.0948. The third-order valence-electron chi connectivity index (χ3n) is 2.27. The molecule has 0 atom stereocenters. The number of rotatable bonds is 3. The average molecular weight is 158 g/mol. The van der Waals surface area contributed by atoms with Crippen molar-refractivity contribution in [3.8, 4) is 0 Å². The number of likely N-dealkylation sites (N-methyl/N-ethyl adjacent to an activating group) is 4. The molecule has 0 unspecified atom stereocenters. The van der Waals surface area contributed by atoms with Crippen molar-refractivity contribution in [2.75, 3.05) is 34.9 Å². The average Bonchev–Trinajstić information content (AvgIpc) is 2.00. The van der Waals surface area contributed by atoms with E-state index < -0.39 is 0 Å². The zero-order chi connectivity index (χ0) is 8.43. The first-order chi connectivity index (χ1) is 5.20. The van der Waals surface area contributed by atoms with Crippen LogP contribution in [0, 0.1) is 0 Å². The van der Waals surface area contributed by atoms with Gasteiger partial charge in [0.05, 0.1) is 19.0 Å². The van der Waals surface area contributed by atoms with E-state index in [9.17, 15) is 0 Å². The third-order valence-corrected chi connectivity index (χ3v) is 2.27. The fourth-order valence-electron chi connectivity index (χ4n) is 1.71. The normalized spacial score (nSPS) is 22.6. The highest BCUT2D eigenvalue weighted by Crippen LogP contribution is 2.15. The van der Waals surface area contributed by atoms with Crippen molar-refractivity contribution in [1.29, 1.82) is 0 Å². The summed E-state index contributed by atoms with van der Waals surface area (Å²) in [5.74, 6) is 0. The minimum Gasteiger partial charge on any atom is -0.303 e. The highest BCUT2D eigenvalue weighted by molar-refractivity contribution is 4.85. The smallest absolute Gasteiger partial charge is 0.0932 e. The second kappa shape index (κ2) is 3.49. The van der Waals surface area contributed by atoms with Crippen LogP contribution in [0.4, 0.5) is 0 Å². The molecule has 1 rings (SSSR count). The van der Waals surface area contributed by atoms with Gasteiger partial charge in [0, 0.05) is 0 Å². The molecule has 4 nitrogen and oxygen atoms in total. The van der Waals surface area contributed by atoms with Crippen LogP contribution in [0.3, 0.4) is 0 Å². The fraction of sp³-hybridized carbons (Fsp3) is 1.00. The second-order valence-electron chi connectivity index (χ2n) is 3.12. The van der Waals surface area contributed by atoms with Crippen LogP contribution >= 0.6 is 0 Å². The molecule has 1 aliphatic rings. The molecule has 0 aliphatic carbocycles. The van der Waals surface area contributed by atoms with E-state index in [0.717, 1.165) is 6.67 Å². The van der Waals surface area contributed by atoms with E-state index in [4.69, 9.17) is 0 Å². The summed E-state index contributed by atoms with van der Waals surface area (Å²) in [6.45, 7) is 1.06. The van der Waals surface area contributed by atoms with Crippen LogP contribution in [0.1, 0.15) is 0 Å². The molecule has 0 radical (unpaired) electrons. The van der Waals surface area contributed by atoms with Crippen molar-refractivity contribution < 1.29 is 0 Å². The SMILES string of the molecule is CNC(NC)C1N(C)CN1C. The summed E-state index contributed by atoms with van der Waals surface area (Å²) in [4.78, 5) is 4.61. The van der Waals surface area contributed by atoms with E-state index in [2.05, 4.69) is 34.5 Å². The summed E-state index contributed by atoms with van der Waals surface area (Å²) < 4.78 is 0. The Morgan fingerprint density at radius 3 is 1.82 bits per heavy atom. The second-order valence-corrected chi connectivity index (χ2v) is 3.12.